The van der Waals surface area contributed by atoms with Crippen LogP contribution in [-0.4, -0.2) is 33.3 Å². The first-order chi connectivity index (χ1) is 13.2. The fourth-order valence-corrected chi connectivity index (χ4v) is 3.56. The molecule has 0 saturated carbocycles. The SMILES string of the molecule is CCCOC(=O)c1c(OCOC)cc2c(c1CSc1ccccc1)OCO2. The number of thioether (sulfide) groups is 1. The molecule has 0 N–H and O–H groups in total. The summed E-state index contributed by atoms with van der Waals surface area (Å²) in [5.41, 5.74) is 1.05. The summed E-state index contributed by atoms with van der Waals surface area (Å²) in [6, 6.07) is 11.6. The Morgan fingerprint density at radius 2 is 2.04 bits per heavy atom. The van der Waals surface area contributed by atoms with E-state index in [0.29, 0.717) is 40.7 Å². The second-order valence-corrected chi connectivity index (χ2v) is 6.80. The molecular weight excluding hydrogens is 368 g/mol. The average molecular weight is 390 g/mol. The molecule has 144 valence electrons. The maximum atomic E-state index is 12.8. The van der Waals surface area contributed by atoms with E-state index in [1.54, 1.807) is 17.8 Å². The predicted octanol–water partition coefficient (Wildman–Crippen LogP) is 4.26. The summed E-state index contributed by atoms with van der Waals surface area (Å²) in [7, 11) is 1.52. The Bertz CT molecular complexity index is 778. The summed E-state index contributed by atoms with van der Waals surface area (Å²) in [5.74, 6) is 1.55. The Hall–Kier alpha value is -2.38. The zero-order valence-corrected chi connectivity index (χ0v) is 16.2. The van der Waals surface area contributed by atoms with Crippen LogP contribution in [0.15, 0.2) is 41.3 Å². The molecule has 0 bridgehead atoms. The first kappa shape index (κ1) is 19.4. The Balaban J connectivity index is 1.98. The highest BCUT2D eigenvalue weighted by Crippen LogP contribution is 2.45. The molecule has 0 unspecified atom stereocenters. The molecule has 0 atom stereocenters. The molecule has 0 spiro atoms. The Morgan fingerprint density at radius 1 is 1.22 bits per heavy atom. The van der Waals surface area contributed by atoms with E-state index in [1.807, 2.05) is 37.3 Å². The Morgan fingerprint density at radius 3 is 2.78 bits per heavy atom. The minimum atomic E-state index is -0.440. The molecule has 6 nitrogen and oxygen atoms in total. The molecule has 0 amide bonds. The molecule has 3 rings (SSSR count). The van der Waals surface area contributed by atoms with E-state index in [1.165, 1.54) is 7.11 Å². The van der Waals surface area contributed by atoms with Gasteiger partial charge in [0.2, 0.25) is 6.79 Å². The number of methoxy groups -OCH3 is 1. The normalized spacial score (nSPS) is 12.1. The number of fused-ring (bicyclic) bond motifs is 1. The largest absolute Gasteiger partial charge is 0.466 e. The lowest BCUT2D eigenvalue weighted by Gasteiger charge is -2.16. The number of carbonyl (C=O) groups excluding carboxylic acids is 1. The van der Waals surface area contributed by atoms with Gasteiger partial charge in [-0.2, -0.15) is 0 Å². The third kappa shape index (κ3) is 4.67. The van der Waals surface area contributed by atoms with Gasteiger partial charge in [0.15, 0.2) is 18.3 Å². The number of hydrogen-bond acceptors (Lipinski definition) is 7. The first-order valence-electron chi connectivity index (χ1n) is 8.66. The lowest BCUT2D eigenvalue weighted by Crippen LogP contribution is -2.13. The van der Waals surface area contributed by atoms with Crippen molar-refractivity contribution < 1.29 is 28.5 Å². The average Bonchev–Trinajstić information content (AvgIpc) is 3.17. The van der Waals surface area contributed by atoms with Crippen LogP contribution in [0.3, 0.4) is 0 Å². The van der Waals surface area contributed by atoms with Gasteiger partial charge >= 0.3 is 5.97 Å². The molecule has 1 aliphatic heterocycles. The maximum Gasteiger partial charge on any atom is 0.342 e. The van der Waals surface area contributed by atoms with E-state index in [4.69, 9.17) is 23.7 Å². The van der Waals surface area contributed by atoms with Gasteiger partial charge in [-0.1, -0.05) is 25.1 Å². The fraction of sp³-hybridized carbons (Fsp3) is 0.350. The van der Waals surface area contributed by atoms with Crippen molar-refractivity contribution in [3.8, 4) is 17.2 Å². The van der Waals surface area contributed by atoms with Crippen molar-refractivity contribution >= 4 is 17.7 Å². The molecule has 0 aromatic heterocycles. The Kier molecular flexibility index (Phi) is 6.84. The van der Waals surface area contributed by atoms with Crippen molar-refractivity contribution in [2.24, 2.45) is 0 Å². The first-order valence-corrected chi connectivity index (χ1v) is 9.65. The van der Waals surface area contributed by atoms with Crippen molar-refractivity contribution in [3.63, 3.8) is 0 Å². The Labute approximate surface area is 162 Å². The van der Waals surface area contributed by atoms with Crippen molar-refractivity contribution in [1.29, 1.82) is 0 Å². The minimum absolute atomic E-state index is 0.0129. The molecule has 0 aliphatic carbocycles. The molecule has 0 saturated heterocycles. The monoisotopic (exact) mass is 390 g/mol. The number of benzene rings is 2. The van der Waals surface area contributed by atoms with Crippen molar-refractivity contribution in [2.75, 3.05) is 27.3 Å². The minimum Gasteiger partial charge on any atom is -0.466 e. The lowest BCUT2D eigenvalue weighted by atomic mass is 10.1. The van der Waals surface area contributed by atoms with E-state index in [0.717, 1.165) is 11.3 Å². The second kappa shape index (κ2) is 9.53. The summed E-state index contributed by atoms with van der Waals surface area (Å²) in [6.07, 6.45) is 0.735. The standard InChI is InChI=1S/C20H22O6S/c1-3-9-23-20(21)18-15(11-27-14-7-5-4-6-8-14)19-17(25-13-26-19)10-16(18)24-12-22-2/h4-8,10H,3,9,11-13H2,1-2H3. The van der Waals surface area contributed by atoms with E-state index in [9.17, 15) is 4.79 Å². The number of hydrogen-bond donors (Lipinski definition) is 0. The van der Waals surface area contributed by atoms with Crippen LogP contribution in [0, 0.1) is 0 Å². The fourth-order valence-electron chi connectivity index (χ4n) is 2.62. The number of esters is 1. The van der Waals surface area contributed by atoms with E-state index in [-0.39, 0.29) is 13.6 Å². The predicted molar refractivity (Wildman–Crippen MR) is 102 cm³/mol. The summed E-state index contributed by atoms with van der Waals surface area (Å²) >= 11 is 1.60. The van der Waals surface area contributed by atoms with Crippen molar-refractivity contribution in [1.82, 2.24) is 0 Å². The van der Waals surface area contributed by atoms with Gasteiger partial charge in [0.25, 0.3) is 0 Å². The third-order valence-electron chi connectivity index (χ3n) is 3.83. The summed E-state index contributed by atoms with van der Waals surface area (Å²) in [4.78, 5) is 13.9. The molecule has 2 aromatic carbocycles. The lowest BCUT2D eigenvalue weighted by molar-refractivity contribution is 0.0425. The van der Waals surface area contributed by atoms with Gasteiger partial charge in [0, 0.05) is 29.4 Å². The molecule has 27 heavy (non-hydrogen) atoms. The topological polar surface area (TPSA) is 63.2 Å². The highest BCUT2D eigenvalue weighted by Gasteiger charge is 2.29. The van der Waals surface area contributed by atoms with Crippen molar-refractivity contribution in [3.05, 3.63) is 47.5 Å². The summed E-state index contributed by atoms with van der Waals surface area (Å²) in [6.45, 7) is 2.40. The smallest absolute Gasteiger partial charge is 0.342 e. The van der Waals surface area contributed by atoms with Crippen LogP contribution in [0.4, 0.5) is 0 Å². The quantitative estimate of drug-likeness (QED) is 0.360. The van der Waals surface area contributed by atoms with Crippen LogP contribution >= 0.6 is 11.8 Å². The van der Waals surface area contributed by atoms with Gasteiger partial charge in [-0.15, -0.1) is 11.8 Å². The van der Waals surface area contributed by atoms with Crippen LogP contribution in [0.2, 0.25) is 0 Å². The van der Waals surface area contributed by atoms with Gasteiger partial charge in [-0.25, -0.2) is 4.79 Å². The van der Waals surface area contributed by atoms with Crippen LogP contribution in [-0.2, 0) is 15.2 Å². The molecule has 0 radical (unpaired) electrons. The zero-order chi connectivity index (χ0) is 19.1. The molecule has 1 heterocycles. The van der Waals surface area contributed by atoms with Crippen LogP contribution in [0.5, 0.6) is 17.2 Å². The van der Waals surface area contributed by atoms with E-state index >= 15 is 0 Å². The maximum absolute atomic E-state index is 12.8. The van der Waals surface area contributed by atoms with Crippen LogP contribution in [0.25, 0.3) is 0 Å². The van der Waals surface area contributed by atoms with Gasteiger partial charge in [0.1, 0.15) is 11.3 Å². The van der Waals surface area contributed by atoms with E-state index in [2.05, 4.69) is 0 Å². The molecule has 2 aromatic rings. The van der Waals surface area contributed by atoms with E-state index < -0.39 is 5.97 Å². The third-order valence-corrected chi connectivity index (χ3v) is 4.86. The number of carbonyl (C=O) groups is 1. The zero-order valence-electron chi connectivity index (χ0n) is 15.4. The second-order valence-electron chi connectivity index (χ2n) is 5.75. The summed E-state index contributed by atoms with van der Waals surface area (Å²) < 4.78 is 27.2. The molecular formula is C20H22O6S. The van der Waals surface area contributed by atoms with Crippen molar-refractivity contribution in [2.45, 2.75) is 24.0 Å². The van der Waals surface area contributed by atoms with Crippen LogP contribution in [0.1, 0.15) is 29.3 Å². The molecule has 7 heteroatoms. The number of ether oxygens (including phenoxy) is 5. The molecule has 1 aliphatic rings. The van der Waals surface area contributed by atoms with Gasteiger partial charge in [0.05, 0.1) is 6.61 Å². The van der Waals surface area contributed by atoms with Crippen LogP contribution < -0.4 is 14.2 Å². The van der Waals surface area contributed by atoms with Gasteiger partial charge in [-0.3, -0.25) is 0 Å². The highest BCUT2D eigenvalue weighted by molar-refractivity contribution is 7.98. The number of rotatable bonds is 9. The summed E-state index contributed by atoms with van der Waals surface area (Å²) in [5, 5.41) is 0. The van der Waals surface area contributed by atoms with Gasteiger partial charge in [-0.05, 0) is 18.6 Å². The molecule has 0 fully saturated rings. The highest BCUT2D eigenvalue weighted by atomic mass is 32.2. The van der Waals surface area contributed by atoms with Gasteiger partial charge < -0.3 is 23.7 Å².